The first kappa shape index (κ1) is 26.1. The van der Waals surface area contributed by atoms with Crippen LogP contribution in [0.4, 0.5) is 5.69 Å². The zero-order valence-electron chi connectivity index (χ0n) is 19.3. The van der Waals surface area contributed by atoms with Crippen LogP contribution in [0.1, 0.15) is 23.1 Å². The van der Waals surface area contributed by atoms with Gasteiger partial charge in [-0.3, -0.25) is 9.10 Å². The highest BCUT2D eigenvalue weighted by Gasteiger charge is 2.27. The summed E-state index contributed by atoms with van der Waals surface area (Å²) in [6.07, 6.45) is 0.799. The van der Waals surface area contributed by atoms with Crippen molar-refractivity contribution in [3.63, 3.8) is 0 Å². The van der Waals surface area contributed by atoms with E-state index in [1.165, 1.54) is 11.1 Å². The fraction of sp³-hybridized carbons (Fsp3) is 0.269. The number of benzene rings is 3. The van der Waals surface area contributed by atoms with Crippen LogP contribution in [0.3, 0.4) is 0 Å². The Hall–Kier alpha value is -2.48. The predicted octanol–water partition coefficient (Wildman–Crippen LogP) is 5.59. The number of rotatable bonds is 11. The predicted molar refractivity (Wildman–Crippen MR) is 142 cm³/mol. The first-order valence-electron chi connectivity index (χ1n) is 11.0. The molecule has 0 aromatic heterocycles. The van der Waals surface area contributed by atoms with E-state index in [0.717, 1.165) is 27.8 Å². The Bertz CT molecular complexity index is 1200. The summed E-state index contributed by atoms with van der Waals surface area (Å²) >= 11 is 7.79. The van der Waals surface area contributed by atoms with Crippen LogP contribution in [-0.4, -0.2) is 33.2 Å². The number of carbonyl (C=O) groups is 1. The number of nitrogens with zero attached hydrogens (tertiary/aromatic N) is 1. The van der Waals surface area contributed by atoms with Gasteiger partial charge in [0, 0.05) is 17.3 Å². The molecule has 0 atom stereocenters. The maximum Gasteiger partial charge on any atom is 0.264 e. The molecule has 0 spiro atoms. The van der Waals surface area contributed by atoms with Crippen LogP contribution in [0.2, 0.25) is 5.02 Å². The summed E-state index contributed by atoms with van der Waals surface area (Å²) in [4.78, 5) is 12.8. The molecule has 5 nitrogen and oxygen atoms in total. The molecule has 3 aromatic rings. The summed E-state index contributed by atoms with van der Waals surface area (Å²) in [5.41, 5.74) is 3.87. The fourth-order valence-corrected chi connectivity index (χ4v) is 5.80. The highest BCUT2D eigenvalue weighted by atomic mass is 35.5. The number of anilines is 1. The van der Waals surface area contributed by atoms with Crippen molar-refractivity contribution in [1.82, 2.24) is 5.32 Å². The minimum atomic E-state index is -3.93. The van der Waals surface area contributed by atoms with Crippen LogP contribution < -0.4 is 9.62 Å². The smallest absolute Gasteiger partial charge is 0.264 e. The molecule has 0 radical (unpaired) electrons. The van der Waals surface area contributed by atoms with E-state index >= 15 is 0 Å². The molecular formula is C26H29ClN2O3S2. The van der Waals surface area contributed by atoms with Gasteiger partial charge in [-0.05, 0) is 68.0 Å². The molecule has 0 aliphatic carbocycles. The molecule has 34 heavy (non-hydrogen) atoms. The number of thioether (sulfide) groups is 1. The highest BCUT2D eigenvalue weighted by molar-refractivity contribution is 7.98. The zero-order chi connectivity index (χ0) is 24.6. The summed E-state index contributed by atoms with van der Waals surface area (Å²) in [6, 6.07) is 21.4. The molecule has 0 bridgehead atoms. The summed E-state index contributed by atoms with van der Waals surface area (Å²) in [5, 5.41) is 3.34. The van der Waals surface area contributed by atoms with Gasteiger partial charge in [-0.2, -0.15) is 11.8 Å². The van der Waals surface area contributed by atoms with Gasteiger partial charge in [-0.25, -0.2) is 8.42 Å². The Kier molecular flexibility index (Phi) is 9.45. The second-order valence-corrected chi connectivity index (χ2v) is 11.5. The van der Waals surface area contributed by atoms with E-state index in [9.17, 15) is 13.2 Å². The lowest BCUT2D eigenvalue weighted by atomic mass is 10.2. The minimum absolute atomic E-state index is 0.133. The van der Waals surface area contributed by atoms with Crippen molar-refractivity contribution in [3.05, 3.63) is 94.5 Å². The molecule has 0 unspecified atom stereocenters. The number of carbonyl (C=O) groups excluding carboxylic acids is 1. The number of amides is 1. The van der Waals surface area contributed by atoms with Crippen molar-refractivity contribution >= 4 is 45.0 Å². The van der Waals surface area contributed by atoms with Gasteiger partial charge in [-0.1, -0.05) is 59.1 Å². The average Bonchev–Trinajstić information content (AvgIpc) is 2.81. The van der Waals surface area contributed by atoms with Crippen LogP contribution in [0, 0.1) is 13.8 Å². The third kappa shape index (κ3) is 7.52. The quantitative estimate of drug-likeness (QED) is 0.337. The van der Waals surface area contributed by atoms with Crippen LogP contribution >= 0.6 is 23.4 Å². The Morgan fingerprint density at radius 2 is 1.68 bits per heavy atom. The molecule has 0 aliphatic rings. The molecule has 0 aliphatic heterocycles. The molecule has 1 amide bonds. The number of halogens is 1. The first-order valence-corrected chi connectivity index (χ1v) is 14.0. The van der Waals surface area contributed by atoms with Gasteiger partial charge in [0.1, 0.15) is 6.54 Å². The Balaban J connectivity index is 1.58. The normalized spacial score (nSPS) is 11.3. The van der Waals surface area contributed by atoms with Crippen LogP contribution in [0.5, 0.6) is 0 Å². The van der Waals surface area contributed by atoms with Gasteiger partial charge in [-0.15, -0.1) is 0 Å². The third-order valence-corrected chi connectivity index (χ3v) is 8.30. The third-order valence-electron chi connectivity index (χ3n) is 5.15. The number of aryl methyl sites for hydroxylation is 2. The van der Waals surface area contributed by atoms with Crippen molar-refractivity contribution in [2.75, 3.05) is 23.1 Å². The second-order valence-electron chi connectivity index (χ2n) is 8.05. The van der Waals surface area contributed by atoms with Crippen molar-refractivity contribution in [2.24, 2.45) is 0 Å². The van der Waals surface area contributed by atoms with E-state index in [2.05, 4.69) is 36.5 Å². The van der Waals surface area contributed by atoms with Gasteiger partial charge < -0.3 is 5.32 Å². The number of nitrogens with one attached hydrogen (secondary N) is 1. The molecular weight excluding hydrogens is 488 g/mol. The van der Waals surface area contributed by atoms with Crippen LogP contribution in [-0.2, 0) is 20.6 Å². The van der Waals surface area contributed by atoms with Crippen molar-refractivity contribution in [3.8, 4) is 0 Å². The molecule has 0 saturated carbocycles. The second kappa shape index (κ2) is 12.3. The maximum atomic E-state index is 13.3. The van der Waals surface area contributed by atoms with Gasteiger partial charge in [0.25, 0.3) is 10.0 Å². The Labute approximate surface area is 211 Å². The van der Waals surface area contributed by atoms with Crippen molar-refractivity contribution in [1.29, 1.82) is 0 Å². The largest absolute Gasteiger partial charge is 0.354 e. The summed E-state index contributed by atoms with van der Waals surface area (Å²) < 4.78 is 27.8. The number of sulfonamides is 1. The van der Waals surface area contributed by atoms with Gasteiger partial charge in [0.15, 0.2) is 0 Å². The van der Waals surface area contributed by atoms with Crippen molar-refractivity contribution in [2.45, 2.75) is 30.9 Å². The SMILES string of the molecule is Cc1ccc(S(=O)(=O)N(CC(=O)NCCCSCc2cccc(C)c2)c2ccc(Cl)cc2)cc1. The molecule has 8 heteroatoms. The molecule has 0 saturated heterocycles. The standard InChI is InChI=1S/C26H29ClN2O3S2/c1-20-7-13-25(14-8-20)34(31,32)29(24-11-9-23(27)10-12-24)18-26(30)28-15-4-16-33-19-22-6-3-5-21(2)17-22/h3,5-14,17H,4,15-16,18-19H2,1-2H3,(H,28,30). The van der Waals surface area contributed by atoms with E-state index in [1.54, 1.807) is 48.5 Å². The molecule has 0 fully saturated rings. The van der Waals surface area contributed by atoms with E-state index in [0.29, 0.717) is 17.3 Å². The number of hydrogen-bond acceptors (Lipinski definition) is 4. The minimum Gasteiger partial charge on any atom is -0.354 e. The topological polar surface area (TPSA) is 66.5 Å². The lowest BCUT2D eigenvalue weighted by Crippen LogP contribution is -2.41. The zero-order valence-corrected chi connectivity index (χ0v) is 21.7. The summed E-state index contributed by atoms with van der Waals surface area (Å²) in [5.74, 6) is 1.47. The molecule has 1 N–H and O–H groups in total. The van der Waals surface area contributed by atoms with Gasteiger partial charge >= 0.3 is 0 Å². The highest BCUT2D eigenvalue weighted by Crippen LogP contribution is 2.25. The Morgan fingerprint density at radius 3 is 2.35 bits per heavy atom. The van der Waals surface area contributed by atoms with Gasteiger partial charge in [0.2, 0.25) is 5.91 Å². The van der Waals surface area contributed by atoms with E-state index < -0.39 is 10.0 Å². The van der Waals surface area contributed by atoms with E-state index in [-0.39, 0.29) is 17.3 Å². The maximum absolute atomic E-state index is 13.3. The van der Waals surface area contributed by atoms with Crippen LogP contribution in [0.15, 0.2) is 77.7 Å². The molecule has 3 rings (SSSR count). The summed E-state index contributed by atoms with van der Waals surface area (Å²) in [6.45, 7) is 4.14. The van der Waals surface area contributed by atoms with Crippen molar-refractivity contribution < 1.29 is 13.2 Å². The lowest BCUT2D eigenvalue weighted by molar-refractivity contribution is -0.119. The van der Waals surface area contributed by atoms with Gasteiger partial charge in [0.05, 0.1) is 10.6 Å². The molecule has 180 valence electrons. The fourth-order valence-electron chi connectivity index (χ4n) is 3.34. The first-order chi connectivity index (χ1) is 16.3. The molecule has 0 heterocycles. The molecule has 3 aromatic carbocycles. The van der Waals surface area contributed by atoms with Crippen LogP contribution in [0.25, 0.3) is 0 Å². The Morgan fingerprint density at radius 1 is 0.971 bits per heavy atom. The number of hydrogen-bond donors (Lipinski definition) is 1. The average molecular weight is 517 g/mol. The summed E-state index contributed by atoms with van der Waals surface area (Å²) in [7, 11) is -3.93. The van der Waals surface area contributed by atoms with E-state index in [4.69, 9.17) is 11.6 Å². The van der Waals surface area contributed by atoms with E-state index in [1.807, 2.05) is 18.7 Å². The lowest BCUT2D eigenvalue weighted by Gasteiger charge is -2.24. The monoisotopic (exact) mass is 516 g/mol.